The molecule has 2 atom stereocenters. The van der Waals surface area contributed by atoms with Crippen LogP contribution < -0.4 is 14.8 Å². The van der Waals surface area contributed by atoms with Crippen LogP contribution in [0.1, 0.15) is 37.8 Å². The molecule has 0 aromatic heterocycles. The highest BCUT2D eigenvalue weighted by atomic mass is 16.5. The molecule has 1 aliphatic heterocycles. The summed E-state index contributed by atoms with van der Waals surface area (Å²) < 4.78 is 10.7. The van der Waals surface area contributed by atoms with Gasteiger partial charge in [0.15, 0.2) is 11.5 Å². The molecule has 0 amide bonds. The van der Waals surface area contributed by atoms with Crippen LogP contribution >= 0.6 is 0 Å². The molecule has 0 bridgehead atoms. The van der Waals surface area contributed by atoms with E-state index in [1.807, 2.05) is 6.07 Å². The van der Waals surface area contributed by atoms with E-state index < -0.39 is 0 Å². The van der Waals surface area contributed by atoms with E-state index in [9.17, 15) is 0 Å². The fraction of sp³-hybridized carbons (Fsp3) is 0.647. The van der Waals surface area contributed by atoms with Crippen LogP contribution in [-0.4, -0.2) is 45.3 Å². The molecule has 1 fully saturated rings. The maximum Gasteiger partial charge on any atom is 0.161 e. The summed E-state index contributed by atoms with van der Waals surface area (Å²) in [6, 6.07) is 7.23. The summed E-state index contributed by atoms with van der Waals surface area (Å²) >= 11 is 0. The maximum atomic E-state index is 5.42. The van der Waals surface area contributed by atoms with Crippen LogP contribution in [0.4, 0.5) is 0 Å². The minimum Gasteiger partial charge on any atom is -0.493 e. The van der Waals surface area contributed by atoms with Gasteiger partial charge in [-0.1, -0.05) is 6.07 Å². The average molecular weight is 292 g/mol. The van der Waals surface area contributed by atoms with Crippen molar-refractivity contribution < 1.29 is 9.47 Å². The molecule has 2 unspecified atom stereocenters. The van der Waals surface area contributed by atoms with Gasteiger partial charge in [-0.25, -0.2) is 0 Å². The molecule has 1 heterocycles. The number of rotatable bonds is 5. The van der Waals surface area contributed by atoms with E-state index in [-0.39, 0.29) is 0 Å². The van der Waals surface area contributed by atoms with Crippen molar-refractivity contribution in [1.82, 2.24) is 10.2 Å². The SMILES string of the molecule is COc1ccc(C(C)N(C)C2CCCNCC2)cc1OC. The molecule has 0 saturated carbocycles. The van der Waals surface area contributed by atoms with Gasteiger partial charge in [0.25, 0.3) is 0 Å². The van der Waals surface area contributed by atoms with Crippen molar-refractivity contribution in [2.24, 2.45) is 0 Å². The Morgan fingerprint density at radius 3 is 2.62 bits per heavy atom. The monoisotopic (exact) mass is 292 g/mol. The van der Waals surface area contributed by atoms with Crippen LogP contribution in [0, 0.1) is 0 Å². The zero-order valence-electron chi connectivity index (χ0n) is 13.7. The predicted octanol–water partition coefficient (Wildman–Crippen LogP) is 2.84. The molecule has 1 aromatic carbocycles. The number of methoxy groups -OCH3 is 2. The third kappa shape index (κ3) is 3.89. The fourth-order valence-corrected chi connectivity index (χ4v) is 3.07. The van der Waals surface area contributed by atoms with Crippen LogP contribution in [0.15, 0.2) is 18.2 Å². The van der Waals surface area contributed by atoms with E-state index in [0.29, 0.717) is 12.1 Å². The number of nitrogens with zero attached hydrogens (tertiary/aromatic N) is 1. The Morgan fingerprint density at radius 1 is 1.14 bits per heavy atom. The summed E-state index contributed by atoms with van der Waals surface area (Å²) in [5, 5.41) is 3.48. The first kappa shape index (κ1) is 16.1. The van der Waals surface area contributed by atoms with Crippen LogP contribution in [-0.2, 0) is 0 Å². The van der Waals surface area contributed by atoms with Crippen LogP contribution in [0.2, 0.25) is 0 Å². The largest absolute Gasteiger partial charge is 0.493 e. The van der Waals surface area contributed by atoms with Gasteiger partial charge in [0.2, 0.25) is 0 Å². The second-order valence-electron chi connectivity index (χ2n) is 5.79. The molecule has 1 aliphatic rings. The van der Waals surface area contributed by atoms with Crippen LogP contribution in [0.3, 0.4) is 0 Å². The Hall–Kier alpha value is -1.26. The summed E-state index contributed by atoms with van der Waals surface area (Å²) in [6.45, 7) is 4.53. The molecule has 0 spiro atoms. The Morgan fingerprint density at radius 2 is 1.90 bits per heavy atom. The Kier molecular flexibility index (Phi) is 5.88. The summed E-state index contributed by atoms with van der Waals surface area (Å²) in [6.07, 6.45) is 3.74. The maximum absolute atomic E-state index is 5.42. The molecular formula is C17H28N2O2. The van der Waals surface area contributed by atoms with Crippen molar-refractivity contribution in [1.29, 1.82) is 0 Å². The van der Waals surface area contributed by atoms with Crippen molar-refractivity contribution >= 4 is 0 Å². The third-order valence-electron chi connectivity index (χ3n) is 4.62. The average Bonchev–Trinajstić information content (AvgIpc) is 2.82. The lowest BCUT2D eigenvalue weighted by Crippen LogP contribution is -2.34. The first-order valence-corrected chi connectivity index (χ1v) is 7.82. The van der Waals surface area contributed by atoms with E-state index >= 15 is 0 Å². The highest BCUT2D eigenvalue weighted by Gasteiger charge is 2.22. The van der Waals surface area contributed by atoms with E-state index in [4.69, 9.17) is 9.47 Å². The topological polar surface area (TPSA) is 33.7 Å². The van der Waals surface area contributed by atoms with Crippen molar-refractivity contribution in [3.05, 3.63) is 23.8 Å². The van der Waals surface area contributed by atoms with Crippen LogP contribution in [0.25, 0.3) is 0 Å². The highest BCUT2D eigenvalue weighted by Crippen LogP contribution is 2.32. The van der Waals surface area contributed by atoms with E-state index in [1.165, 1.54) is 24.8 Å². The van der Waals surface area contributed by atoms with Gasteiger partial charge in [0.05, 0.1) is 14.2 Å². The number of ether oxygens (including phenoxy) is 2. The second kappa shape index (κ2) is 7.66. The molecule has 21 heavy (non-hydrogen) atoms. The zero-order valence-corrected chi connectivity index (χ0v) is 13.7. The Labute approximate surface area is 128 Å². The lowest BCUT2D eigenvalue weighted by Gasteiger charge is -2.33. The summed E-state index contributed by atoms with van der Waals surface area (Å²) in [4.78, 5) is 2.49. The zero-order chi connectivity index (χ0) is 15.2. The molecule has 4 nitrogen and oxygen atoms in total. The minimum absolute atomic E-state index is 0.368. The van der Waals surface area contributed by atoms with Crippen molar-refractivity contribution in [3.63, 3.8) is 0 Å². The molecular weight excluding hydrogens is 264 g/mol. The quantitative estimate of drug-likeness (QED) is 0.905. The molecule has 0 aliphatic carbocycles. The van der Waals surface area contributed by atoms with E-state index in [0.717, 1.165) is 24.6 Å². The van der Waals surface area contributed by atoms with Crippen molar-refractivity contribution in [2.75, 3.05) is 34.4 Å². The van der Waals surface area contributed by atoms with Crippen LogP contribution in [0.5, 0.6) is 11.5 Å². The number of nitrogens with one attached hydrogen (secondary N) is 1. The number of hydrogen-bond acceptors (Lipinski definition) is 4. The summed E-state index contributed by atoms with van der Waals surface area (Å²) in [5.74, 6) is 1.59. The molecule has 0 radical (unpaired) electrons. The molecule has 4 heteroatoms. The molecule has 1 aromatic rings. The standard InChI is InChI=1S/C17H28N2O2/c1-13(19(2)15-6-5-10-18-11-9-15)14-7-8-16(20-3)17(12-14)21-4/h7-8,12-13,15,18H,5-6,9-11H2,1-4H3. The molecule has 2 rings (SSSR count). The number of hydrogen-bond donors (Lipinski definition) is 1. The normalized spacial score (nSPS) is 20.9. The highest BCUT2D eigenvalue weighted by molar-refractivity contribution is 5.43. The van der Waals surface area contributed by atoms with Gasteiger partial charge in [-0.2, -0.15) is 0 Å². The molecule has 1 saturated heterocycles. The van der Waals surface area contributed by atoms with Gasteiger partial charge >= 0.3 is 0 Å². The van der Waals surface area contributed by atoms with Gasteiger partial charge in [-0.3, -0.25) is 4.90 Å². The van der Waals surface area contributed by atoms with Crippen molar-refractivity contribution in [3.8, 4) is 11.5 Å². The van der Waals surface area contributed by atoms with E-state index in [1.54, 1.807) is 14.2 Å². The summed E-state index contributed by atoms with van der Waals surface area (Å²) in [5.41, 5.74) is 1.27. The first-order valence-electron chi connectivity index (χ1n) is 7.82. The molecule has 1 N–H and O–H groups in total. The fourth-order valence-electron chi connectivity index (χ4n) is 3.07. The van der Waals surface area contributed by atoms with Gasteiger partial charge in [0, 0.05) is 12.1 Å². The van der Waals surface area contributed by atoms with Crippen molar-refractivity contribution in [2.45, 2.75) is 38.3 Å². The smallest absolute Gasteiger partial charge is 0.161 e. The minimum atomic E-state index is 0.368. The van der Waals surface area contributed by atoms with E-state index in [2.05, 4.69) is 36.3 Å². The lowest BCUT2D eigenvalue weighted by molar-refractivity contribution is 0.171. The second-order valence-corrected chi connectivity index (χ2v) is 5.79. The van der Waals surface area contributed by atoms with Gasteiger partial charge < -0.3 is 14.8 Å². The van der Waals surface area contributed by atoms with Gasteiger partial charge in [0.1, 0.15) is 0 Å². The van der Waals surface area contributed by atoms with Gasteiger partial charge in [-0.05, 0) is 64.0 Å². The van der Waals surface area contributed by atoms with Gasteiger partial charge in [-0.15, -0.1) is 0 Å². The Balaban J connectivity index is 2.12. The predicted molar refractivity (Wildman–Crippen MR) is 86.2 cm³/mol. The third-order valence-corrected chi connectivity index (χ3v) is 4.62. The number of benzene rings is 1. The lowest BCUT2D eigenvalue weighted by atomic mass is 10.0. The molecule has 118 valence electrons. The first-order chi connectivity index (χ1) is 10.2. The Bertz CT molecular complexity index is 442. The summed E-state index contributed by atoms with van der Waals surface area (Å²) in [7, 11) is 5.59.